The van der Waals surface area contributed by atoms with E-state index >= 15 is 0 Å². The summed E-state index contributed by atoms with van der Waals surface area (Å²) in [6, 6.07) is 11.4. The van der Waals surface area contributed by atoms with Crippen LogP contribution in [-0.4, -0.2) is 26.8 Å². The van der Waals surface area contributed by atoms with Gasteiger partial charge in [0.05, 0.1) is 0 Å². The maximum absolute atomic E-state index is 10.1. The lowest BCUT2D eigenvalue weighted by atomic mass is 9.99. The highest BCUT2D eigenvalue weighted by atomic mass is 35.6. The molecule has 2 N–H and O–H groups in total. The summed E-state index contributed by atoms with van der Waals surface area (Å²) in [7, 11) is 0. The molecule has 2 aromatic rings. The maximum Gasteiger partial charge on any atom is 0.243 e. The smallest absolute Gasteiger partial charge is 0.243 e. The van der Waals surface area contributed by atoms with Gasteiger partial charge in [0.2, 0.25) is 16.6 Å². The van der Waals surface area contributed by atoms with Crippen LogP contribution in [0.25, 0.3) is 0 Å². The Morgan fingerprint density at radius 2 is 0.697 bits per heavy atom. The van der Waals surface area contributed by atoms with Crippen molar-refractivity contribution in [3.05, 3.63) is 59.7 Å². The van der Waals surface area contributed by atoms with E-state index in [0.717, 1.165) is 0 Å². The van der Waals surface area contributed by atoms with Crippen LogP contribution in [-0.2, 0) is 9.75 Å². The van der Waals surface area contributed by atoms with Gasteiger partial charge in [0.25, 0.3) is 0 Å². The molecule has 2 unspecified atom stereocenters. The predicted molar refractivity (Wildman–Crippen MR) is 142 cm³/mol. The predicted octanol–water partition coefficient (Wildman–Crippen LogP) is 9.33. The molecule has 2 aromatic carbocycles. The van der Waals surface area contributed by atoms with E-state index in [9.17, 15) is 10.2 Å². The van der Waals surface area contributed by atoms with Gasteiger partial charge in [-0.05, 0) is 35.4 Å². The van der Waals surface area contributed by atoms with Crippen molar-refractivity contribution >= 4 is 139 Å². The van der Waals surface area contributed by atoms with Gasteiger partial charge in [0, 0.05) is 0 Å². The van der Waals surface area contributed by atoms with E-state index in [-0.39, 0.29) is 11.1 Å². The Balaban J connectivity index is 2.34. The van der Waals surface area contributed by atoms with Crippen molar-refractivity contribution in [1.29, 1.82) is 0 Å². The average Bonchev–Trinajstić information content (AvgIpc) is 2.64. The fraction of sp³-hybridized carbons (Fsp3) is 0.333. The summed E-state index contributed by atoms with van der Waals surface area (Å²) in [6.45, 7) is 0. The molecule has 0 aliphatic heterocycles. The number of aliphatic hydroxyl groups is 2. The Morgan fingerprint density at radius 1 is 0.455 bits per heavy atom. The second-order valence-electron chi connectivity index (χ2n) is 6.55. The molecule has 0 saturated carbocycles. The van der Waals surface area contributed by atoms with E-state index in [1.807, 2.05) is 0 Å². The molecular weight excluding hydrogens is 690 g/mol. The lowest BCUT2D eigenvalue weighted by Crippen LogP contribution is -2.48. The van der Waals surface area contributed by atoms with Crippen LogP contribution >= 0.6 is 139 Å². The molecular formula is C18H10Cl12O3. The maximum atomic E-state index is 10.1. The summed E-state index contributed by atoms with van der Waals surface area (Å²) in [5, 5.41) is 20.2. The molecule has 33 heavy (non-hydrogen) atoms. The summed E-state index contributed by atoms with van der Waals surface area (Å²) in [5.74, 6) is 0.624. The Labute approximate surface area is 249 Å². The number of hydrogen-bond acceptors (Lipinski definition) is 3. The van der Waals surface area contributed by atoms with Crippen molar-refractivity contribution in [2.75, 3.05) is 0 Å². The summed E-state index contributed by atoms with van der Waals surface area (Å²) in [5.41, 5.74) is 0.190. The molecule has 0 radical (unpaired) electrons. The van der Waals surface area contributed by atoms with E-state index in [1.165, 1.54) is 48.5 Å². The van der Waals surface area contributed by atoms with Gasteiger partial charge in [-0.15, -0.1) is 23.2 Å². The van der Waals surface area contributed by atoms with Crippen LogP contribution in [0, 0.1) is 0 Å². The third kappa shape index (κ3) is 6.21. The van der Waals surface area contributed by atoms with Gasteiger partial charge in [-0.3, -0.25) is 0 Å². The fourth-order valence-electron chi connectivity index (χ4n) is 2.66. The molecule has 2 rings (SSSR count). The number of rotatable bonds is 6. The largest absolute Gasteiger partial charge is 0.457 e. The highest BCUT2D eigenvalue weighted by Crippen LogP contribution is 2.60. The Kier molecular flexibility index (Phi) is 9.75. The van der Waals surface area contributed by atoms with Crippen LogP contribution in [0.3, 0.4) is 0 Å². The van der Waals surface area contributed by atoms with E-state index in [4.69, 9.17) is 144 Å². The van der Waals surface area contributed by atoms with E-state index in [2.05, 4.69) is 0 Å². The van der Waals surface area contributed by atoms with E-state index in [1.54, 1.807) is 0 Å². The number of alkyl halides is 12. The molecule has 0 aliphatic rings. The van der Waals surface area contributed by atoms with Gasteiger partial charge in [-0.2, -0.15) is 0 Å². The first-order valence-corrected chi connectivity index (χ1v) is 12.8. The second-order valence-corrected chi connectivity index (χ2v) is 14.8. The Morgan fingerprint density at radius 3 is 0.879 bits per heavy atom. The zero-order valence-electron chi connectivity index (χ0n) is 15.5. The van der Waals surface area contributed by atoms with Crippen LogP contribution in [0.1, 0.15) is 11.1 Å². The number of hydrogen-bond donors (Lipinski definition) is 2. The van der Waals surface area contributed by atoms with Crippen molar-refractivity contribution < 1.29 is 14.9 Å². The second kappa shape index (κ2) is 10.4. The topological polar surface area (TPSA) is 49.7 Å². The molecule has 0 spiro atoms. The molecule has 15 heteroatoms. The number of halogens is 12. The molecule has 3 nitrogen and oxygen atoms in total. The first-order chi connectivity index (χ1) is 14.7. The zero-order chi connectivity index (χ0) is 25.7. The summed E-state index contributed by atoms with van der Waals surface area (Å²) >= 11 is 71.2. The van der Waals surface area contributed by atoms with Gasteiger partial charge in [-0.25, -0.2) is 0 Å². The third-order valence-corrected chi connectivity index (χ3v) is 9.70. The zero-order valence-corrected chi connectivity index (χ0v) is 24.5. The fourth-order valence-corrected chi connectivity index (χ4v) is 5.97. The Bertz CT molecular complexity index is 847. The van der Waals surface area contributed by atoms with Crippen molar-refractivity contribution in [3.63, 3.8) is 0 Å². The molecule has 0 fully saturated rings. The van der Waals surface area contributed by atoms with Crippen molar-refractivity contribution in [2.24, 2.45) is 0 Å². The molecule has 0 heterocycles. The minimum Gasteiger partial charge on any atom is -0.457 e. The summed E-state index contributed by atoms with van der Waals surface area (Å²) in [6.07, 6.45) is 0. The highest BCUT2D eigenvalue weighted by molar-refractivity contribution is 6.73. The van der Waals surface area contributed by atoms with Crippen molar-refractivity contribution in [1.82, 2.24) is 0 Å². The van der Waals surface area contributed by atoms with Gasteiger partial charge in [0.1, 0.15) is 11.5 Å². The van der Waals surface area contributed by atoms with Gasteiger partial charge in [-0.1, -0.05) is 140 Å². The molecule has 0 aromatic heterocycles. The van der Waals surface area contributed by atoms with Crippen molar-refractivity contribution in [3.8, 4) is 11.5 Å². The van der Waals surface area contributed by atoms with Gasteiger partial charge < -0.3 is 14.9 Å². The van der Waals surface area contributed by atoms with Crippen LogP contribution in [0.5, 0.6) is 11.5 Å². The lowest BCUT2D eigenvalue weighted by Gasteiger charge is -2.39. The van der Waals surface area contributed by atoms with Gasteiger partial charge >= 0.3 is 0 Å². The first-order valence-electron chi connectivity index (χ1n) is 8.27. The van der Waals surface area contributed by atoms with Crippen LogP contribution in [0.15, 0.2) is 48.5 Å². The monoisotopic (exact) mass is 694 g/mol. The van der Waals surface area contributed by atoms with E-state index in [0.29, 0.717) is 11.5 Å². The molecule has 2 atom stereocenters. The third-order valence-electron chi connectivity index (χ3n) is 4.35. The molecule has 0 aliphatic carbocycles. The molecule has 184 valence electrons. The lowest BCUT2D eigenvalue weighted by molar-refractivity contribution is 0.161. The van der Waals surface area contributed by atoms with Gasteiger partial charge in [0.15, 0.2) is 9.75 Å². The molecule has 0 bridgehead atoms. The summed E-state index contributed by atoms with van der Waals surface area (Å²) in [4.78, 5) is -4.43. The minimum absolute atomic E-state index is 0.0949. The Hall–Kier alpha value is 1.64. The number of ether oxygens (including phenoxy) is 1. The highest BCUT2D eigenvalue weighted by Gasteiger charge is 2.62. The van der Waals surface area contributed by atoms with Crippen LogP contribution in [0.2, 0.25) is 0 Å². The standard InChI is InChI=1S/C18H10Cl12O3/c19-13(15(21,22)23,17(27,28)31)9-1-5-11(6-2-9)33-12-7-3-10(4-8-12)14(20,16(24,25)26)18(29,30)32/h1-8,31-32H. The average molecular weight is 700 g/mol. The molecule has 0 amide bonds. The quantitative estimate of drug-likeness (QED) is 0.296. The molecule has 0 saturated heterocycles. The minimum atomic E-state index is -2.64. The number of benzene rings is 2. The van der Waals surface area contributed by atoms with Crippen LogP contribution < -0.4 is 4.74 Å². The normalized spacial score (nSPS) is 17.3. The SMILES string of the molecule is OC(Cl)(Cl)C(Cl)(c1ccc(Oc2ccc(C(Cl)(C(O)(Cl)Cl)C(Cl)(Cl)Cl)cc2)cc1)C(Cl)(Cl)Cl. The first kappa shape index (κ1) is 30.9. The van der Waals surface area contributed by atoms with Crippen molar-refractivity contribution in [2.45, 2.75) is 26.4 Å². The van der Waals surface area contributed by atoms with Crippen LogP contribution in [0.4, 0.5) is 0 Å². The summed E-state index contributed by atoms with van der Waals surface area (Å²) < 4.78 is -4.13. The van der Waals surface area contributed by atoms with E-state index < -0.39 is 26.4 Å².